The van der Waals surface area contributed by atoms with Crippen LogP contribution in [0, 0.1) is 0 Å². The minimum atomic E-state index is -1.05. The molecule has 0 bridgehead atoms. The maximum absolute atomic E-state index is 10.9. The molecule has 2 aromatic carbocycles. The number of hydrogen-bond acceptors (Lipinski definition) is 2. The van der Waals surface area contributed by atoms with Crippen molar-refractivity contribution in [1.29, 1.82) is 0 Å². The average molecular weight is 291 g/mol. The van der Waals surface area contributed by atoms with Crippen molar-refractivity contribution in [3.63, 3.8) is 0 Å². The van der Waals surface area contributed by atoms with E-state index in [1.54, 1.807) is 6.07 Å². The summed E-state index contributed by atoms with van der Waals surface area (Å²) in [6.45, 7) is 4.22. The van der Waals surface area contributed by atoms with Gasteiger partial charge in [0, 0.05) is 6.07 Å². The first-order valence-corrected chi connectivity index (χ1v) is 6.66. The molecule has 1 N–H and O–H groups in total. The summed E-state index contributed by atoms with van der Waals surface area (Å²) in [4.78, 5) is 10.9. The largest absolute Gasteiger partial charge is 0.478 e. The summed E-state index contributed by atoms with van der Waals surface area (Å²) in [6.07, 6.45) is 0. The molecule has 20 heavy (non-hydrogen) atoms. The molecular weight excluding hydrogens is 276 g/mol. The lowest BCUT2D eigenvalue weighted by Gasteiger charge is -2.10. The number of carbonyl (C=O) groups is 1. The van der Waals surface area contributed by atoms with Crippen LogP contribution in [0.3, 0.4) is 0 Å². The van der Waals surface area contributed by atoms with Crippen molar-refractivity contribution < 1.29 is 14.6 Å². The lowest BCUT2D eigenvalue weighted by molar-refractivity contribution is 0.0697. The van der Waals surface area contributed by atoms with E-state index in [0.717, 1.165) is 0 Å². The third kappa shape index (κ3) is 3.31. The fourth-order valence-corrected chi connectivity index (χ4v) is 2.06. The summed E-state index contributed by atoms with van der Waals surface area (Å²) >= 11 is 5.91. The summed E-state index contributed by atoms with van der Waals surface area (Å²) in [5.41, 5.74) is 1.24. The topological polar surface area (TPSA) is 46.5 Å². The highest BCUT2D eigenvalue weighted by atomic mass is 35.5. The number of ether oxygens (including phenoxy) is 1. The molecule has 2 aromatic rings. The van der Waals surface area contributed by atoms with Gasteiger partial charge in [-0.05, 0) is 35.7 Å². The average Bonchev–Trinajstić information content (AvgIpc) is 2.38. The van der Waals surface area contributed by atoms with Crippen molar-refractivity contribution in [2.24, 2.45) is 0 Å². The van der Waals surface area contributed by atoms with Crippen LogP contribution >= 0.6 is 11.6 Å². The molecule has 0 radical (unpaired) electrons. The second kappa shape index (κ2) is 5.97. The monoisotopic (exact) mass is 290 g/mol. The van der Waals surface area contributed by atoms with Crippen LogP contribution in [0.2, 0.25) is 5.02 Å². The van der Waals surface area contributed by atoms with Gasteiger partial charge < -0.3 is 9.84 Å². The van der Waals surface area contributed by atoms with Crippen molar-refractivity contribution >= 4 is 17.6 Å². The van der Waals surface area contributed by atoms with Crippen molar-refractivity contribution in [1.82, 2.24) is 0 Å². The van der Waals surface area contributed by atoms with Gasteiger partial charge in [-0.1, -0.05) is 37.6 Å². The third-order valence-corrected chi connectivity index (χ3v) is 3.24. The van der Waals surface area contributed by atoms with Gasteiger partial charge in [-0.25, -0.2) is 4.79 Å². The molecule has 2 rings (SSSR count). The lowest BCUT2D eigenvalue weighted by atomic mass is 10.0. The van der Waals surface area contributed by atoms with Gasteiger partial charge in [0.25, 0.3) is 0 Å². The van der Waals surface area contributed by atoms with Gasteiger partial charge in [0.05, 0.1) is 10.6 Å². The molecule has 0 spiro atoms. The standard InChI is InChI=1S/C16H15ClO3/c1-10(2)11-4-3-5-12(8-11)20-13-6-7-14(16(18)19)15(17)9-13/h3-10H,1-2H3,(H,18,19). The van der Waals surface area contributed by atoms with Crippen LogP contribution in [0.15, 0.2) is 42.5 Å². The highest BCUT2D eigenvalue weighted by molar-refractivity contribution is 6.33. The molecule has 4 heteroatoms. The Bertz CT molecular complexity index is 635. The van der Waals surface area contributed by atoms with E-state index in [-0.39, 0.29) is 10.6 Å². The van der Waals surface area contributed by atoms with Gasteiger partial charge in [-0.3, -0.25) is 0 Å². The highest BCUT2D eigenvalue weighted by Gasteiger charge is 2.10. The van der Waals surface area contributed by atoms with E-state index < -0.39 is 5.97 Å². The van der Waals surface area contributed by atoms with Crippen molar-refractivity contribution in [3.05, 3.63) is 58.6 Å². The Labute approximate surface area is 122 Å². The molecule has 104 valence electrons. The van der Waals surface area contributed by atoms with Crippen molar-refractivity contribution in [2.75, 3.05) is 0 Å². The van der Waals surface area contributed by atoms with Gasteiger partial charge in [-0.2, -0.15) is 0 Å². The van der Waals surface area contributed by atoms with Crippen LogP contribution in [0.4, 0.5) is 0 Å². The Morgan fingerprint density at radius 1 is 1.15 bits per heavy atom. The number of carboxylic acid groups (broad SMARTS) is 1. The molecule has 0 aliphatic rings. The van der Waals surface area contributed by atoms with Crippen LogP contribution < -0.4 is 4.74 Å². The first-order chi connectivity index (χ1) is 9.47. The van der Waals surface area contributed by atoms with Gasteiger partial charge >= 0.3 is 5.97 Å². The summed E-state index contributed by atoms with van der Waals surface area (Å²) in [5, 5.41) is 9.08. The summed E-state index contributed by atoms with van der Waals surface area (Å²) < 4.78 is 5.71. The van der Waals surface area contributed by atoms with E-state index in [1.165, 1.54) is 17.7 Å². The van der Waals surface area contributed by atoms with E-state index in [1.807, 2.05) is 24.3 Å². The SMILES string of the molecule is CC(C)c1cccc(Oc2ccc(C(=O)O)c(Cl)c2)c1. The van der Waals surface area contributed by atoms with Gasteiger partial charge in [0.15, 0.2) is 0 Å². The van der Waals surface area contributed by atoms with E-state index in [0.29, 0.717) is 17.4 Å². The van der Waals surface area contributed by atoms with Gasteiger partial charge in [0.2, 0.25) is 0 Å². The second-order valence-electron chi connectivity index (χ2n) is 4.78. The van der Waals surface area contributed by atoms with E-state index in [2.05, 4.69) is 13.8 Å². The molecule has 0 heterocycles. The van der Waals surface area contributed by atoms with Crippen LogP contribution in [-0.4, -0.2) is 11.1 Å². The van der Waals surface area contributed by atoms with E-state index in [9.17, 15) is 4.79 Å². The third-order valence-electron chi connectivity index (χ3n) is 2.93. The minimum absolute atomic E-state index is 0.0648. The van der Waals surface area contributed by atoms with Crippen LogP contribution in [0.5, 0.6) is 11.5 Å². The van der Waals surface area contributed by atoms with Crippen LogP contribution in [0.25, 0.3) is 0 Å². The Morgan fingerprint density at radius 3 is 2.45 bits per heavy atom. The van der Waals surface area contributed by atoms with E-state index in [4.69, 9.17) is 21.4 Å². The molecule has 0 aliphatic heterocycles. The first kappa shape index (κ1) is 14.4. The number of benzene rings is 2. The molecule has 0 aliphatic carbocycles. The fraction of sp³-hybridized carbons (Fsp3) is 0.188. The zero-order valence-corrected chi connectivity index (χ0v) is 12.0. The summed E-state index contributed by atoms with van der Waals surface area (Å²) in [5.74, 6) is 0.580. The number of aromatic carboxylic acids is 1. The Hall–Kier alpha value is -2.00. The van der Waals surface area contributed by atoms with Crippen LogP contribution in [-0.2, 0) is 0 Å². The maximum Gasteiger partial charge on any atom is 0.337 e. The lowest BCUT2D eigenvalue weighted by Crippen LogP contribution is -1.97. The molecule has 0 fully saturated rings. The fourth-order valence-electron chi connectivity index (χ4n) is 1.81. The van der Waals surface area contributed by atoms with E-state index >= 15 is 0 Å². The Balaban J connectivity index is 2.24. The number of carboxylic acids is 1. The molecule has 0 atom stereocenters. The molecule has 0 saturated carbocycles. The Kier molecular flexibility index (Phi) is 4.30. The zero-order chi connectivity index (χ0) is 14.7. The summed E-state index contributed by atoms with van der Waals surface area (Å²) in [7, 11) is 0. The first-order valence-electron chi connectivity index (χ1n) is 6.28. The highest BCUT2D eigenvalue weighted by Crippen LogP contribution is 2.28. The molecule has 0 aromatic heterocycles. The Morgan fingerprint density at radius 2 is 1.85 bits per heavy atom. The molecule has 0 saturated heterocycles. The predicted molar refractivity (Wildman–Crippen MR) is 79.0 cm³/mol. The minimum Gasteiger partial charge on any atom is -0.478 e. The maximum atomic E-state index is 10.9. The predicted octanol–water partition coefficient (Wildman–Crippen LogP) is 4.95. The number of rotatable bonds is 4. The summed E-state index contributed by atoms with van der Waals surface area (Å²) in [6, 6.07) is 12.3. The molecule has 0 unspecified atom stereocenters. The quantitative estimate of drug-likeness (QED) is 0.866. The smallest absolute Gasteiger partial charge is 0.337 e. The van der Waals surface area contributed by atoms with Gasteiger partial charge in [0.1, 0.15) is 11.5 Å². The molecule has 3 nitrogen and oxygen atoms in total. The van der Waals surface area contributed by atoms with Crippen LogP contribution in [0.1, 0.15) is 35.7 Å². The number of halogens is 1. The normalized spacial score (nSPS) is 10.6. The zero-order valence-electron chi connectivity index (χ0n) is 11.3. The number of hydrogen-bond donors (Lipinski definition) is 1. The molecular formula is C16H15ClO3. The van der Waals surface area contributed by atoms with Crippen molar-refractivity contribution in [3.8, 4) is 11.5 Å². The molecule has 0 amide bonds. The second-order valence-corrected chi connectivity index (χ2v) is 5.18. The van der Waals surface area contributed by atoms with Crippen molar-refractivity contribution in [2.45, 2.75) is 19.8 Å². The van der Waals surface area contributed by atoms with Gasteiger partial charge in [-0.15, -0.1) is 0 Å².